The van der Waals surface area contributed by atoms with Gasteiger partial charge in [0.1, 0.15) is 29.7 Å². The van der Waals surface area contributed by atoms with Gasteiger partial charge in [-0.3, -0.25) is 4.90 Å². The van der Waals surface area contributed by atoms with E-state index in [2.05, 4.69) is 30.3 Å². The van der Waals surface area contributed by atoms with Gasteiger partial charge in [-0.1, -0.05) is 0 Å². The van der Waals surface area contributed by atoms with Crippen molar-refractivity contribution in [1.82, 2.24) is 34.0 Å². The van der Waals surface area contributed by atoms with Crippen molar-refractivity contribution in [2.45, 2.75) is 38.1 Å². The fraction of sp³-hybridized carbons (Fsp3) is 0.478. The summed E-state index contributed by atoms with van der Waals surface area (Å²) in [6, 6.07) is 3.13. The van der Waals surface area contributed by atoms with E-state index < -0.39 is 24.7 Å². The lowest BCUT2D eigenvalue weighted by Gasteiger charge is -2.42. The Morgan fingerprint density at radius 3 is 2.78 bits per heavy atom. The first kappa shape index (κ1) is 23.0. The van der Waals surface area contributed by atoms with Gasteiger partial charge in [-0.15, -0.1) is 5.10 Å². The van der Waals surface area contributed by atoms with E-state index in [1.54, 1.807) is 23.6 Å². The molecule has 3 N–H and O–H groups in total. The molecule has 6 heterocycles. The second-order valence-electron chi connectivity index (χ2n) is 9.25. The molecular weight excluding hydrogens is 475 g/mol. The summed E-state index contributed by atoms with van der Waals surface area (Å²) in [5.74, 6) is 0.176. The van der Waals surface area contributed by atoms with Crippen LogP contribution in [0.4, 0.5) is 24.9 Å². The van der Waals surface area contributed by atoms with Crippen molar-refractivity contribution < 1.29 is 17.9 Å². The maximum Gasteiger partial charge on any atom is 0.243 e. The van der Waals surface area contributed by atoms with Gasteiger partial charge in [0, 0.05) is 13.1 Å². The first-order valence-corrected chi connectivity index (χ1v) is 11.9. The van der Waals surface area contributed by atoms with E-state index in [0.717, 1.165) is 6.54 Å². The lowest BCUT2D eigenvalue weighted by Crippen LogP contribution is -2.57. The first-order valence-electron chi connectivity index (χ1n) is 11.9. The second kappa shape index (κ2) is 8.89. The number of alkyl halides is 2. The zero-order valence-corrected chi connectivity index (χ0v) is 19.7. The van der Waals surface area contributed by atoms with Crippen LogP contribution in [0.15, 0.2) is 18.3 Å². The number of nitrogens with one attached hydrogen (secondary N) is 1. The third-order valence-corrected chi connectivity index (χ3v) is 6.98. The molecule has 0 radical (unpaired) electrons. The highest BCUT2D eigenvalue weighted by atomic mass is 19.1. The maximum atomic E-state index is 15.2. The number of imidazole rings is 1. The quantitative estimate of drug-likeness (QED) is 0.414. The molecular formula is C23H26F3N9O. The average Bonchev–Trinajstić information content (AvgIpc) is 3.30. The van der Waals surface area contributed by atoms with Crippen molar-refractivity contribution >= 4 is 28.4 Å². The van der Waals surface area contributed by atoms with Crippen LogP contribution in [0.5, 0.6) is 0 Å². The molecule has 0 unspecified atom stereocenters. The lowest BCUT2D eigenvalue weighted by atomic mass is 10.0. The Balaban J connectivity index is 1.30. The first-order chi connectivity index (χ1) is 17.4. The highest BCUT2D eigenvalue weighted by Crippen LogP contribution is 2.32. The number of fused-ring (bicyclic) bond motifs is 2. The van der Waals surface area contributed by atoms with E-state index in [1.165, 1.54) is 10.7 Å². The van der Waals surface area contributed by atoms with Crippen molar-refractivity contribution in [2.75, 3.05) is 44.0 Å². The summed E-state index contributed by atoms with van der Waals surface area (Å²) < 4.78 is 51.3. The molecule has 4 aromatic rings. The molecule has 0 saturated carbocycles. The predicted octanol–water partition coefficient (Wildman–Crippen LogP) is 2.36. The Morgan fingerprint density at radius 1 is 1.22 bits per heavy atom. The molecule has 13 heteroatoms. The highest BCUT2D eigenvalue weighted by Gasteiger charge is 2.35. The second-order valence-corrected chi connectivity index (χ2v) is 9.25. The molecule has 2 aliphatic heterocycles. The summed E-state index contributed by atoms with van der Waals surface area (Å²) in [6.45, 7) is 3.61. The number of piperidine rings is 1. The number of pyridine rings is 1. The van der Waals surface area contributed by atoms with E-state index in [-0.39, 0.29) is 35.4 Å². The zero-order chi connectivity index (χ0) is 25.0. The smallest absolute Gasteiger partial charge is 0.243 e. The van der Waals surface area contributed by atoms with Crippen LogP contribution < -0.4 is 11.1 Å². The molecule has 2 saturated heterocycles. The summed E-state index contributed by atoms with van der Waals surface area (Å²) in [4.78, 5) is 15.3. The van der Waals surface area contributed by atoms with E-state index in [1.807, 2.05) is 0 Å². The number of anilines is 2. The number of aromatic nitrogens is 6. The van der Waals surface area contributed by atoms with E-state index >= 15 is 4.39 Å². The van der Waals surface area contributed by atoms with Crippen molar-refractivity contribution in [3.63, 3.8) is 0 Å². The van der Waals surface area contributed by atoms with Gasteiger partial charge in [-0.25, -0.2) is 27.7 Å². The zero-order valence-electron chi connectivity index (χ0n) is 19.7. The van der Waals surface area contributed by atoms with Crippen molar-refractivity contribution in [2.24, 2.45) is 0 Å². The van der Waals surface area contributed by atoms with Crippen LogP contribution in [-0.2, 0) is 11.3 Å². The largest absolute Gasteiger partial charge is 0.382 e. The minimum atomic E-state index is -1.12. The molecule has 0 aliphatic carbocycles. The van der Waals surface area contributed by atoms with Gasteiger partial charge >= 0.3 is 0 Å². The number of rotatable bonds is 6. The Morgan fingerprint density at radius 2 is 2.06 bits per heavy atom. The minimum absolute atomic E-state index is 0.0289. The van der Waals surface area contributed by atoms with Gasteiger partial charge in [-0.2, -0.15) is 4.98 Å². The van der Waals surface area contributed by atoms with E-state index in [9.17, 15) is 8.78 Å². The molecule has 2 fully saturated rings. The van der Waals surface area contributed by atoms with Crippen molar-refractivity contribution in [3.8, 4) is 11.3 Å². The maximum absolute atomic E-state index is 15.2. The number of halogens is 3. The SMILES string of the molecule is Cc1nc2ccc(-c3c(F)cn4nc(N[C@H]5CCN(C6COC6)C[C@H]5F)nc(N)c34)nc2n1CCF. The summed E-state index contributed by atoms with van der Waals surface area (Å²) >= 11 is 0. The van der Waals surface area contributed by atoms with Gasteiger partial charge in [0.2, 0.25) is 5.95 Å². The molecule has 10 nitrogen and oxygen atoms in total. The molecule has 0 spiro atoms. The predicted molar refractivity (Wildman–Crippen MR) is 128 cm³/mol. The number of aryl methyl sites for hydroxylation is 2. The molecule has 0 aromatic carbocycles. The molecule has 4 aromatic heterocycles. The van der Waals surface area contributed by atoms with Gasteiger partial charge in [-0.05, 0) is 25.5 Å². The van der Waals surface area contributed by atoms with Crippen molar-refractivity contribution in [1.29, 1.82) is 0 Å². The lowest BCUT2D eigenvalue weighted by molar-refractivity contribution is -0.0794. The van der Waals surface area contributed by atoms with Gasteiger partial charge in [0.25, 0.3) is 0 Å². The Bertz CT molecular complexity index is 1430. The third-order valence-electron chi connectivity index (χ3n) is 6.98. The minimum Gasteiger partial charge on any atom is -0.382 e. The normalized spacial score (nSPS) is 21.3. The van der Waals surface area contributed by atoms with Crippen LogP contribution in [0.2, 0.25) is 0 Å². The number of nitrogens with two attached hydrogens (primary N) is 1. The van der Waals surface area contributed by atoms with Crippen LogP contribution in [0.25, 0.3) is 27.9 Å². The number of hydrogen-bond donors (Lipinski definition) is 2. The molecule has 2 atom stereocenters. The summed E-state index contributed by atoms with van der Waals surface area (Å²) in [5, 5.41) is 7.38. The Hall–Kier alpha value is -3.45. The fourth-order valence-electron chi connectivity index (χ4n) is 5.01. The Kier molecular flexibility index (Phi) is 5.67. The number of hydrogen-bond acceptors (Lipinski definition) is 8. The van der Waals surface area contributed by atoms with Crippen LogP contribution in [0.1, 0.15) is 12.2 Å². The summed E-state index contributed by atoms with van der Waals surface area (Å²) in [7, 11) is 0. The molecule has 36 heavy (non-hydrogen) atoms. The number of ether oxygens (including phenoxy) is 1. The highest BCUT2D eigenvalue weighted by molar-refractivity contribution is 5.89. The van der Waals surface area contributed by atoms with Crippen LogP contribution in [0.3, 0.4) is 0 Å². The molecule has 0 bridgehead atoms. The van der Waals surface area contributed by atoms with E-state index in [4.69, 9.17) is 10.5 Å². The monoisotopic (exact) mass is 501 g/mol. The number of likely N-dealkylation sites (tertiary alicyclic amines) is 1. The van der Waals surface area contributed by atoms with E-state index in [0.29, 0.717) is 48.9 Å². The van der Waals surface area contributed by atoms with Crippen LogP contribution in [-0.4, -0.2) is 85.3 Å². The standard InChI is InChI=1S/C23H26F3N9O/c1-12-28-18-3-2-17(29-22(18)34(12)7-5-24)19-15(26)9-35-20(19)21(27)31-23(32-35)30-16-4-6-33(8-14(16)25)13-10-36-11-13/h2-3,9,13-14,16H,4-8,10-11H2,1H3,(H3,27,30,31,32)/t14-,16+/m1/s1. The van der Waals surface area contributed by atoms with Gasteiger partial charge in [0.05, 0.1) is 49.3 Å². The molecule has 0 amide bonds. The summed E-state index contributed by atoms with van der Waals surface area (Å²) in [6.07, 6.45) is 0.640. The molecule has 190 valence electrons. The van der Waals surface area contributed by atoms with Gasteiger partial charge < -0.3 is 20.4 Å². The number of nitrogen functional groups attached to an aromatic ring is 1. The fourth-order valence-corrected chi connectivity index (χ4v) is 5.01. The Labute approximate surface area is 204 Å². The van der Waals surface area contributed by atoms with Crippen LogP contribution in [0, 0.1) is 12.7 Å². The third kappa shape index (κ3) is 3.82. The van der Waals surface area contributed by atoms with Crippen molar-refractivity contribution in [3.05, 3.63) is 30.0 Å². The summed E-state index contributed by atoms with van der Waals surface area (Å²) in [5.41, 5.74) is 7.95. The molecule has 6 rings (SSSR count). The average molecular weight is 502 g/mol. The van der Waals surface area contributed by atoms with Crippen LogP contribution >= 0.6 is 0 Å². The molecule has 2 aliphatic rings. The topological polar surface area (TPSA) is 111 Å². The number of nitrogens with zero attached hydrogens (tertiary/aromatic N) is 7. The van der Waals surface area contributed by atoms with Gasteiger partial charge in [0.15, 0.2) is 17.3 Å².